The summed E-state index contributed by atoms with van der Waals surface area (Å²) < 4.78 is 44.4. The van der Waals surface area contributed by atoms with Crippen LogP contribution in [0.25, 0.3) is 22.2 Å². The number of carbonyl (C=O) groups excluding carboxylic acids is 1. The Hall–Kier alpha value is -5.06. The zero-order valence-corrected chi connectivity index (χ0v) is 22.4. The van der Waals surface area contributed by atoms with E-state index in [1.807, 2.05) is 49.2 Å². The van der Waals surface area contributed by atoms with Crippen molar-refractivity contribution in [1.82, 2.24) is 19.9 Å². The summed E-state index contributed by atoms with van der Waals surface area (Å²) in [5.74, 6) is 0.627. The van der Waals surface area contributed by atoms with Crippen molar-refractivity contribution in [2.24, 2.45) is 0 Å². The molecule has 0 saturated carbocycles. The molecule has 2 aromatic carbocycles. The zero-order valence-electron chi connectivity index (χ0n) is 22.4. The number of methoxy groups -OCH3 is 1. The van der Waals surface area contributed by atoms with Gasteiger partial charge in [0.2, 0.25) is 5.95 Å². The number of rotatable bonds is 7. The third kappa shape index (κ3) is 6.24. The molecule has 8 nitrogen and oxygen atoms in total. The molecule has 0 aliphatic heterocycles. The molecular formula is C30H25F3N6O2. The fourth-order valence-corrected chi connectivity index (χ4v) is 4.25. The molecule has 41 heavy (non-hydrogen) atoms. The van der Waals surface area contributed by atoms with E-state index >= 15 is 0 Å². The molecule has 3 heterocycles. The highest BCUT2D eigenvalue weighted by Gasteiger charge is 2.31. The van der Waals surface area contributed by atoms with Crippen LogP contribution >= 0.6 is 0 Å². The number of nitrogens with one attached hydrogen (secondary N) is 1. The van der Waals surface area contributed by atoms with E-state index in [2.05, 4.69) is 25.3 Å². The average molecular weight is 559 g/mol. The summed E-state index contributed by atoms with van der Waals surface area (Å²) in [4.78, 5) is 32.6. The molecule has 0 saturated heterocycles. The Kier molecular flexibility index (Phi) is 7.52. The van der Waals surface area contributed by atoms with Gasteiger partial charge in [-0.2, -0.15) is 18.2 Å². The highest BCUT2D eigenvalue weighted by molar-refractivity contribution is 6.04. The van der Waals surface area contributed by atoms with Crippen LogP contribution in [0, 0.1) is 6.92 Å². The van der Waals surface area contributed by atoms with E-state index in [0.717, 1.165) is 29.0 Å². The highest BCUT2D eigenvalue weighted by atomic mass is 19.4. The summed E-state index contributed by atoms with van der Waals surface area (Å²) in [5.41, 5.74) is 3.01. The molecule has 11 heteroatoms. The summed E-state index contributed by atoms with van der Waals surface area (Å²) in [5, 5.41) is 3.34. The molecule has 208 valence electrons. The molecule has 0 atom stereocenters. The van der Waals surface area contributed by atoms with Gasteiger partial charge in [-0.25, -0.2) is 9.97 Å². The monoisotopic (exact) mass is 558 g/mol. The van der Waals surface area contributed by atoms with Crippen LogP contribution in [0.1, 0.15) is 27.2 Å². The summed E-state index contributed by atoms with van der Waals surface area (Å²) in [6, 6.07) is 15.6. The fourth-order valence-electron chi connectivity index (χ4n) is 4.25. The van der Waals surface area contributed by atoms with Crippen molar-refractivity contribution in [2.75, 3.05) is 24.4 Å². The van der Waals surface area contributed by atoms with Crippen LogP contribution in [0.2, 0.25) is 0 Å². The van der Waals surface area contributed by atoms with Gasteiger partial charge in [0.15, 0.2) is 5.65 Å². The Morgan fingerprint density at radius 1 is 0.976 bits per heavy atom. The van der Waals surface area contributed by atoms with Crippen molar-refractivity contribution in [3.63, 3.8) is 0 Å². The maximum atomic E-state index is 13.1. The van der Waals surface area contributed by atoms with Crippen molar-refractivity contribution in [1.29, 1.82) is 0 Å². The molecule has 1 amide bonds. The normalized spacial score (nSPS) is 11.4. The molecule has 0 radical (unpaired) electrons. The number of ether oxygens (including phenoxy) is 1. The van der Waals surface area contributed by atoms with Gasteiger partial charge in [-0.1, -0.05) is 18.2 Å². The summed E-state index contributed by atoms with van der Waals surface area (Å²) >= 11 is 0. The number of benzene rings is 2. The number of carbonyl (C=O) groups is 1. The summed E-state index contributed by atoms with van der Waals surface area (Å²) in [6.07, 6.45) is 0.257. The lowest BCUT2D eigenvalue weighted by Gasteiger charge is -2.17. The number of alkyl halides is 3. The molecule has 1 N–H and O–H groups in total. The standard InChI is InChI=1S/C30H25F3N6O2/c1-18-26(13-24(16-34-18)37-28(40)20-5-4-6-23(12-20)30(31,32)33)21-11-22-15-36-29(38-27(22)35-14-21)39(2)17-19-7-9-25(41-3)10-8-19/h4-16H,17H2,1-3H3,(H,37,40). The third-order valence-corrected chi connectivity index (χ3v) is 6.45. The molecule has 3 aromatic heterocycles. The number of aryl methyl sites for hydroxylation is 1. The lowest BCUT2D eigenvalue weighted by atomic mass is 10.0. The Labute approximate surface area is 233 Å². The van der Waals surface area contributed by atoms with Gasteiger partial charge in [-0.05, 0) is 55.0 Å². The summed E-state index contributed by atoms with van der Waals surface area (Å²) in [6.45, 7) is 2.41. The Balaban J connectivity index is 1.35. The molecule has 0 fully saturated rings. The fraction of sp³-hybridized carbons (Fsp3) is 0.167. The number of halogens is 3. The Morgan fingerprint density at radius 3 is 2.49 bits per heavy atom. The predicted octanol–water partition coefficient (Wildman–Crippen LogP) is 6.31. The first-order valence-corrected chi connectivity index (χ1v) is 12.5. The lowest BCUT2D eigenvalue weighted by molar-refractivity contribution is -0.137. The van der Waals surface area contributed by atoms with Gasteiger partial charge in [0.25, 0.3) is 5.91 Å². The van der Waals surface area contributed by atoms with E-state index in [-0.39, 0.29) is 5.56 Å². The summed E-state index contributed by atoms with van der Waals surface area (Å²) in [7, 11) is 3.52. The first-order valence-electron chi connectivity index (χ1n) is 12.5. The number of hydrogen-bond donors (Lipinski definition) is 1. The van der Waals surface area contributed by atoms with E-state index in [1.54, 1.807) is 25.6 Å². The SMILES string of the molecule is COc1ccc(CN(C)c2ncc3cc(-c4cc(NC(=O)c5cccc(C(F)(F)F)c5)cnc4C)cnc3n2)cc1. The topological polar surface area (TPSA) is 93.1 Å². The van der Waals surface area contributed by atoms with Gasteiger partial charge >= 0.3 is 6.18 Å². The smallest absolute Gasteiger partial charge is 0.416 e. The molecule has 5 aromatic rings. The van der Waals surface area contributed by atoms with Crippen molar-refractivity contribution >= 4 is 28.6 Å². The minimum Gasteiger partial charge on any atom is -0.497 e. The number of hydrogen-bond acceptors (Lipinski definition) is 7. The van der Waals surface area contributed by atoms with Gasteiger partial charge in [-0.3, -0.25) is 9.78 Å². The van der Waals surface area contributed by atoms with Crippen molar-refractivity contribution < 1.29 is 22.7 Å². The van der Waals surface area contributed by atoms with E-state index in [1.165, 1.54) is 18.3 Å². The van der Waals surface area contributed by atoms with E-state index in [9.17, 15) is 18.0 Å². The number of anilines is 2. The van der Waals surface area contributed by atoms with Crippen LogP contribution in [0.4, 0.5) is 24.8 Å². The highest BCUT2D eigenvalue weighted by Crippen LogP contribution is 2.30. The quantitative estimate of drug-likeness (QED) is 0.250. The lowest BCUT2D eigenvalue weighted by Crippen LogP contribution is -2.19. The van der Waals surface area contributed by atoms with Gasteiger partial charge < -0.3 is 15.0 Å². The molecular weight excluding hydrogens is 533 g/mol. The van der Waals surface area contributed by atoms with Crippen LogP contribution in [0.3, 0.4) is 0 Å². The molecule has 0 spiro atoms. The Morgan fingerprint density at radius 2 is 1.76 bits per heavy atom. The second kappa shape index (κ2) is 11.2. The van der Waals surface area contributed by atoms with Crippen LogP contribution in [-0.4, -0.2) is 40.0 Å². The van der Waals surface area contributed by atoms with Crippen LogP contribution in [0.15, 0.2) is 79.3 Å². The maximum absolute atomic E-state index is 13.1. The largest absolute Gasteiger partial charge is 0.497 e. The van der Waals surface area contributed by atoms with Crippen LogP contribution in [0.5, 0.6) is 5.75 Å². The van der Waals surface area contributed by atoms with Gasteiger partial charge in [0.05, 0.1) is 24.6 Å². The van der Waals surface area contributed by atoms with Crippen LogP contribution < -0.4 is 15.0 Å². The Bertz CT molecular complexity index is 1720. The van der Waals surface area contributed by atoms with Crippen molar-refractivity contribution in [3.05, 3.63) is 102 Å². The van der Waals surface area contributed by atoms with Crippen molar-refractivity contribution in [2.45, 2.75) is 19.6 Å². The number of amides is 1. The average Bonchev–Trinajstić information content (AvgIpc) is 2.97. The molecule has 0 aliphatic carbocycles. The minimum atomic E-state index is -4.55. The molecule has 0 unspecified atom stereocenters. The van der Waals surface area contributed by atoms with Crippen LogP contribution in [-0.2, 0) is 12.7 Å². The van der Waals surface area contributed by atoms with Gasteiger partial charge in [-0.15, -0.1) is 0 Å². The van der Waals surface area contributed by atoms with Gasteiger partial charge in [0, 0.05) is 53.8 Å². The van der Waals surface area contributed by atoms with Gasteiger partial charge in [0.1, 0.15) is 5.75 Å². The van der Waals surface area contributed by atoms with E-state index in [4.69, 9.17) is 4.74 Å². The van der Waals surface area contributed by atoms with Crippen molar-refractivity contribution in [3.8, 4) is 16.9 Å². The van der Waals surface area contributed by atoms with E-state index < -0.39 is 17.6 Å². The zero-order chi connectivity index (χ0) is 29.1. The molecule has 5 rings (SSSR count). The maximum Gasteiger partial charge on any atom is 0.416 e. The molecule has 0 bridgehead atoms. The minimum absolute atomic E-state index is 0.112. The molecule has 0 aliphatic rings. The second-order valence-electron chi connectivity index (χ2n) is 9.40. The number of fused-ring (bicyclic) bond motifs is 1. The first kappa shape index (κ1) is 27.5. The van der Waals surface area contributed by atoms with E-state index in [0.29, 0.717) is 40.5 Å². The number of pyridine rings is 2. The third-order valence-electron chi connectivity index (χ3n) is 6.45. The predicted molar refractivity (Wildman–Crippen MR) is 150 cm³/mol. The first-order chi connectivity index (χ1) is 19.6. The number of aromatic nitrogens is 4. The second-order valence-corrected chi connectivity index (χ2v) is 9.40. The number of nitrogens with zero attached hydrogens (tertiary/aromatic N) is 5.